The lowest BCUT2D eigenvalue weighted by Crippen LogP contribution is -2.31. The van der Waals surface area contributed by atoms with Crippen LogP contribution in [0.1, 0.15) is 30.4 Å². The Bertz CT molecular complexity index is 931. The van der Waals surface area contributed by atoms with E-state index in [1.807, 2.05) is 42.6 Å². The van der Waals surface area contributed by atoms with Gasteiger partial charge in [-0.2, -0.15) is 0 Å². The summed E-state index contributed by atoms with van der Waals surface area (Å²) in [5.74, 6) is 0.521. The van der Waals surface area contributed by atoms with Crippen LogP contribution in [0.5, 0.6) is 0 Å². The van der Waals surface area contributed by atoms with E-state index in [0.29, 0.717) is 12.4 Å². The number of nitrogens with zero attached hydrogens (tertiary/aromatic N) is 3. The largest absolute Gasteiger partial charge is 0.334 e. The molecular formula is C23H27N5O. The van der Waals surface area contributed by atoms with Crippen LogP contribution >= 0.6 is 0 Å². The second-order valence-electron chi connectivity index (χ2n) is 7.39. The number of amides is 2. The summed E-state index contributed by atoms with van der Waals surface area (Å²) in [6.07, 6.45) is 5.72. The van der Waals surface area contributed by atoms with Crippen molar-refractivity contribution in [1.29, 1.82) is 0 Å². The Morgan fingerprint density at radius 3 is 2.41 bits per heavy atom. The number of carbonyl (C=O) groups excluding carboxylic acids is 1. The molecule has 1 aliphatic rings. The highest BCUT2D eigenvalue weighted by Gasteiger charge is 2.13. The zero-order valence-corrected chi connectivity index (χ0v) is 16.6. The summed E-state index contributed by atoms with van der Waals surface area (Å²) in [6, 6.07) is 19.7. The van der Waals surface area contributed by atoms with Crippen molar-refractivity contribution in [1.82, 2.24) is 20.0 Å². The minimum atomic E-state index is -0.254. The molecule has 2 heterocycles. The minimum absolute atomic E-state index is 0.254. The van der Waals surface area contributed by atoms with Crippen molar-refractivity contribution in [2.24, 2.45) is 0 Å². The van der Waals surface area contributed by atoms with Crippen LogP contribution < -0.4 is 10.6 Å². The van der Waals surface area contributed by atoms with E-state index in [2.05, 4.69) is 38.8 Å². The smallest absolute Gasteiger partial charge is 0.320 e. The van der Waals surface area contributed by atoms with Gasteiger partial charge < -0.3 is 5.32 Å². The number of piperidine rings is 1. The van der Waals surface area contributed by atoms with Gasteiger partial charge in [0, 0.05) is 25.4 Å². The number of rotatable bonds is 6. The van der Waals surface area contributed by atoms with Gasteiger partial charge in [0.1, 0.15) is 0 Å². The van der Waals surface area contributed by atoms with Crippen molar-refractivity contribution < 1.29 is 4.79 Å². The Kier molecular flexibility index (Phi) is 6.22. The third-order valence-electron chi connectivity index (χ3n) is 5.25. The molecule has 0 spiro atoms. The number of para-hydroxylation sites is 1. The molecule has 6 heteroatoms. The first kappa shape index (κ1) is 19.2. The quantitative estimate of drug-likeness (QED) is 0.665. The maximum absolute atomic E-state index is 12.4. The summed E-state index contributed by atoms with van der Waals surface area (Å²) in [5.41, 5.74) is 3.39. The molecule has 0 atom stereocenters. The number of hydrogen-bond donors (Lipinski definition) is 2. The molecule has 3 aromatic rings. The third-order valence-corrected chi connectivity index (χ3v) is 5.25. The normalized spacial score (nSPS) is 14.5. The first-order chi connectivity index (χ1) is 14.3. The van der Waals surface area contributed by atoms with Crippen LogP contribution in [0.4, 0.5) is 10.6 Å². The number of urea groups is 1. The number of hydrogen-bond acceptors (Lipinski definition) is 3. The van der Waals surface area contributed by atoms with Crippen molar-refractivity contribution >= 4 is 11.8 Å². The molecular weight excluding hydrogens is 362 g/mol. The van der Waals surface area contributed by atoms with Crippen LogP contribution in [0.25, 0.3) is 5.69 Å². The molecule has 0 radical (unpaired) electrons. The average Bonchev–Trinajstić information content (AvgIpc) is 3.23. The summed E-state index contributed by atoms with van der Waals surface area (Å²) in [5, 5.41) is 10.2. The van der Waals surface area contributed by atoms with Gasteiger partial charge >= 0.3 is 6.03 Å². The minimum Gasteiger partial charge on any atom is -0.334 e. The second-order valence-corrected chi connectivity index (χ2v) is 7.39. The van der Waals surface area contributed by atoms with Gasteiger partial charge in [-0.1, -0.05) is 48.9 Å². The number of anilines is 1. The van der Waals surface area contributed by atoms with E-state index in [1.54, 1.807) is 10.7 Å². The lowest BCUT2D eigenvalue weighted by molar-refractivity contribution is 0.220. The number of nitrogens with one attached hydrogen (secondary N) is 2. The Hall–Kier alpha value is -3.12. The van der Waals surface area contributed by atoms with E-state index in [0.717, 1.165) is 30.9 Å². The number of likely N-dealkylation sites (tertiary alicyclic amines) is 1. The fourth-order valence-electron chi connectivity index (χ4n) is 3.69. The number of aromatic nitrogens is 2. The first-order valence-corrected chi connectivity index (χ1v) is 10.2. The third kappa shape index (κ3) is 5.23. The van der Waals surface area contributed by atoms with Crippen molar-refractivity contribution in [2.75, 3.05) is 18.4 Å². The molecule has 0 aliphatic carbocycles. The second kappa shape index (κ2) is 9.39. The molecule has 29 heavy (non-hydrogen) atoms. The molecule has 1 fully saturated rings. The molecule has 1 aromatic heterocycles. The SMILES string of the molecule is O=C(NCc1ccccc1CN1CCCCC1)Nc1ccn(-c2ccccc2)n1. The first-order valence-electron chi connectivity index (χ1n) is 10.2. The molecule has 2 aromatic carbocycles. The van der Waals surface area contributed by atoms with Crippen LogP contribution in [0.3, 0.4) is 0 Å². The van der Waals surface area contributed by atoms with Gasteiger partial charge in [0.25, 0.3) is 0 Å². The fraction of sp³-hybridized carbons (Fsp3) is 0.304. The summed E-state index contributed by atoms with van der Waals surface area (Å²) in [4.78, 5) is 14.8. The Morgan fingerprint density at radius 2 is 1.62 bits per heavy atom. The van der Waals surface area contributed by atoms with Gasteiger partial charge in [-0.25, -0.2) is 9.48 Å². The maximum Gasteiger partial charge on any atom is 0.320 e. The summed E-state index contributed by atoms with van der Waals surface area (Å²) in [7, 11) is 0. The predicted octanol–water partition coefficient (Wildman–Crippen LogP) is 4.18. The van der Waals surface area contributed by atoms with E-state index >= 15 is 0 Å². The molecule has 0 unspecified atom stereocenters. The molecule has 4 rings (SSSR count). The lowest BCUT2D eigenvalue weighted by atomic mass is 10.0. The standard InChI is InChI=1S/C23H27N5O/c29-23(25-22-13-16-28(26-22)21-11-3-1-4-12-21)24-17-19-9-5-6-10-20(19)18-27-14-7-2-8-15-27/h1,3-6,9-13,16H,2,7-8,14-15,17-18H2,(H2,24,25,26,29). The van der Waals surface area contributed by atoms with E-state index < -0.39 is 0 Å². The number of carbonyl (C=O) groups is 1. The molecule has 6 nitrogen and oxygen atoms in total. The zero-order valence-electron chi connectivity index (χ0n) is 16.6. The van der Waals surface area contributed by atoms with Crippen molar-refractivity contribution in [3.63, 3.8) is 0 Å². The fourth-order valence-corrected chi connectivity index (χ4v) is 3.69. The molecule has 0 saturated carbocycles. The number of benzene rings is 2. The molecule has 2 N–H and O–H groups in total. The van der Waals surface area contributed by atoms with Crippen molar-refractivity contribution in [3.05, 3.63) is 78.0 Å². The molecule has 1 aliphatic heterocycles. The lowest BCUT2D eigenvalue weighted by Gasteiger charge is -2.27. The van der Waals surface area contributed by atoms with Gasteiger partial charge in [0.2, 0.25) is 0 Å². The highest BCUT2D eigenvalue weighted by atomic mass is 16.2. The van der Waals surface area contributed by atoms with Crippen LogP contribution in [-0.2, 0) is 13.1 Å². The van der Waals surface area contributed by atoms with Gasteiger partial charge in [0.05, 0.1) is 5.69 Å². The van der Waals surface area contributed by atoms with Gasteiger partial charge in [0.15, 0.2) is 5.82 Å². The predicted molar refractivity (Wildman–Crippen MR) is 115 cm³/mol. The van der Waals surface area contributed by atoms with E-state index in [-0.39, 0.29) is 6.03 Å². The highest BCUT2D eigenvalue weighted by Crippen LogP contribution is 2.16. The van der Waals surface area contributed by atoms with Crippen LogP contribution in [0.2, 0.25) is 0 Å². The van der Waals surface area contributed by atoms with Gasteiger partial charge in [-0.05, 0) is 49.2 Å². The van der Waals surface area contributed by atoms with Crippen LogP contribution in [0, 0.1) is 0 Å². The summed E-state index contributed by atoms with van der Waals surface area (Å²) < 4.78 is 1.74. The average molecular weight is 390 g/mol. The molecule has 2 amide bonds. The van der Waals surface area contributed by atoms with Gasteiger partial charge in [-0.15, -0.1) is 5.10 Å². The van der Waals surface area contributed by atoms with Crippen molar-refractivity contribution in [2.45, 2.75) is 32.4 Å². The Labute approximate surface area is 171 Å². The molecule has 150 valence electrons. The Morgan fingerprint density at radius 1 is 0.897 bits per heavy atom. The van der Waals surface area contributed by atoms with Crippen LogP contribution in [-0.4, -0.2) is 33.8 Å². The topological polar surface area (TPSA) is 62.2 Å². The monoisotopic (exact) mass is 389 g/mol. The van der Waals surface area contributed by atoms with Gasteiger partial charge in [-0.3, -0.25) is 10.2 Å². The van der Waals surface area contributed by atoms with Crippen molar-refractivity contribution in [3.8, 4) is 5.69 Å². The maximum atomic E-state index is 12.4. The van der Waals surface area contributed by atoms with Crippen LogP contribution in [0.15, 0.2) is 66.9 Å². The van der Waals surface area contributed by atoms with E-state index in [4.69, 9.17) is 0 Å². The Balaban J connectivity index is 1.32. The van der Waals surface area contributed by atoms with E-state index in [9.17, 15) is 4.79 Å². The highest BCUT2D eigenvalue weighted by molar-refractivity contribution is 5.88. The molecule has 0 bridgehead atoms. The van der Waals surface area contributed by atoms with E-state index in [1.165, 1.54) is 24.8 Å². The zero-order chi connectivity index (χ0) is 19.9. The molecule has 1 saturated heterocycles. The summed E-state index contributed by atoms with van der Waals surface area (Å²) in [6.45, 7) is 3.76. The summed E-state index contributed by atoms with van der Waals surface area (Å²) >= 11 is 0.